The van der Waals surface area contributed by atoms with Crippen LogP contribution in [-0.2, 0) is 14.8 Å². The van der Waals surface area contributed by atoms with Gasteiger partial charge in [-0.15, -0.1) is 0 Å². The zero-order valence-electron chi connectivity index (χ0n) is 20.7. The average Bonchev–Trinajstić information content (AvgIpc) is 2.92. The summed E-state index contributed by atoms with van der Waals surface area (Å²) >= 11 is 6.44. The van der Waals surface area contributed by atoms with Crippen molar-refractivity contribution in [3.05, 3.63) is 59.1 Å². The molecule has 38 heavy (non-hydrogen) atoms. The SMILES string of the molecule is O=C(NC[C@H](NS(=O)(=O)c1ccccc1)C(=O)O)c1ccc(N2CCC[C@H](NC3=NCCCN3)C2)cc1Cl. The van der Waals surface area contributed by atoms with Crippen LogP contribution in [0.3, 0.4) is 0 Å². The molecule has 0 radical (unpaired) electrons. The lowest BCUT2D eigenvalue weighted by molar-refractivity contribution is -0.138. The maximum absolute atomic E-state index is 12.8. The lowest BCUT2D eigenvalue weighted by Crippen LogP contribution is -2.52. The summed E-state index contributed by atoms with van der Waals surface area (Å²) in [4.78, 5) is 31.0. The molecule has 2 heterocycles. The molecule has 0 aromatic heterocycles. The lowest BCUT2D eigenvalue weighted by atomic mass is 10.0. The van der Waals surface area contributed by atoms with E-state index in [1.54, 1.807) is 24.3 Å². The van der Waals surface area contributed by atoms with Gasteiger partial charge in [-0.25, -0.2) is 8.42 Å². The Morgan fingerprint density at radius 2 is 1.97 bits per heavy atom. The fraction of sp³-hybridized carbons (Fsp3) is 0.400. The Kier molecular flexibility index (Phi) is 9.08. The number of halogens is 1. The van der Waals surface area contributed by atoms with Crippen molar-refractivity contribution in [2.75, 3.05) is 37.6 Å². The summed E-state index contributed by atoms with van der Waals surface area (Å²) in [5.74, 6) is -1.20. The maximum Gasteiger partial charge on any atom is 0.323 e. The van der Waals surface area contributed by atoms with Gasteiger partial charge in [0.05, 0.1) is 15.5 Å². The highest BCUT2D eigenvalue weighted by Gasteiger charge is 2.27. The highest BCUT2D eigenvalue weighted by atomic mass is 35.5. The van der Waals surface area contributed by atoms with Gasteiger partial charge in [-0.05, 0) is 49.6 Å². The monoisotopic (exact) mass is 562 g/mol. The molecule has 0 spiro atoms. The first-order valence-electron chi connectivity index (χ1n) is 12.4. The molecule has 2 aromatic carbocycles. The molecule has 2 aliphatic heterocycles. The van der Waals surface area contributed by atoms with E-state index < -0.39 is 34.5 Å². The zero-order chi connectivity index (χ0) is 27.1. The molecule has 5 N–H and O–H groups in total. The number of hydrogen-bond acceptors (Lipinski definition) is 8. The molecule has 0 aliphatic carbocycles. The number of sulfonamides is 1. The van der Waals surface area contributed by atoms with Crippen LogP contribution in [0, 0.1) is 0 Å². The van der Waals surface area contributed by atoms with Crippen molar-refractivity contribution in [3.63, 3.8) is 0 Å². The van der Waals surface area contributed by atoms with Crippen molar-refractivity contribution >= 4 is 45.1 Å². The van der Waals surface area contributed by atoms with Crippen molar-refractivity contribution in [3.8, 4) is 0 Å². The van der Waals surface area contributed by atoms with Crippen molar-refractivity contribution in [2.45, 2.75) is 36.2 Å². The molecule has 0 bridgehead atoms. The van der Waals surface area contributed by atoms with Gasteiger partial charge in [-0.1, -0.05) is 29.8 Å². The van der Waals surface area contributed by atoms with Crippen LogP contribution in [0.15, 0.2) is 58.4 Å². The van der Waals surface area contributed by atoms with E-state index in [9.17, 15) is 23.1 Å². The van der Waals surface area contributed by atoms with Gasteiger partial charge in [0.1, 0.15) is 6.04 Å². The fourth-order valence-electron chi connectivity index (χ4n) is 4.36. The number of piperidine rings is 1. The van der Waals surface area contributed by atoms with Gasteiger partial charge in [0.15, 0.2) is 5.96 Å². The van der Waals surface area contributed by atoms with Crippen LogP contribution in [0.25, 0.3) is 0 Å². The number of rotatable bonds is 9. The van der Waals surface area contributed by atoms with Gasteiger partial charge in [0.2, 0.25) is 10.0 Å². The number of carboxylic acids is 1. The van der Waals surface area contributed by atoms with Crippen LogP contribution >= 0.6 is 11.6 Å². The highest BCUT2D eigenvalue weighted by molar-refractivity contribution is 7.89. The molecule has 1 saturated heterocycles. The van der Waals surface area contributed by atoms with E-state index in [4.69, 9.17) is 11.6 Å². The Bertz CT molecular complexity index is 1290. The molecular formula is C25H31ClN6O5S. The Morgan fingerprint density at radius 1 is 1.18 bits per heavy atom. The summed E-state index contributed by atoms with van der Waals surface area (Å²) in [7, 11) is -4.09. The lowest BCUT2D eigenvalue weighted by Gasteiger charge is -2.36. The third kappa shape index (κ3) is 7.15. The Labute approximate surface area is 226 Å². The fourth-order valence-corrected chi connectivity index (χ4v) is 5.83. The van der Waals surface area contributed by atoms with Gasteiger partial charge >= 0.3 is 5.97 Å². The standard InChI is InChI=1S/C25H31ClN6O5S/c26-21-14-18(32-13-4-6-17(16-32)30-25-27-11-5-12-28-25)9-10-20(21)23(33)29-15-22(24(34)35)31-38(36,37)19-7-2-1-3-8-19/h1-3,7-10,14,17,22,31H,4-6,11-13,15-16H2,(H,29,33)(H,34,35)(H2,27,28,30)/t17-,22-/m0/s1. The molecule has 2 aliphatic rings. The third-order valence-electron chi connectivity index (χ3n) is 6.34. The van der Waals surface area contributed by atoms with Crippen LogP contribution in [0.1, 0.15) is 29.6 Å². The van der Waals surface area contributed by atoms with E-state index >= 15 is 0 Å². The number of hydrogen-bond donors (Lipinski definition) is 5. The number of carbonyl (C=O) groups excluding carboxylic acids is 1. The number of nitrogens with zero attached hydrogens (tertiary/aromatic N) is 2. The second kappa shape index (κ2) is 12.5. The molecule has 204 valence electrons. The largest absolute Gasteiger partial charge is 0.480 e. The number of carbonyl (C=O) groups is 2. The van der Waals surface area contributed by atoms with Gasteiger partial charge in [-0.3, -0.25) is 14.6 Å². The van der Waals surface area contributed by atoms with Crippen LogP contribution in [-0.4, -0.2) is 76.2 Å². The number of nitrogens with one attached hydrogen (secondary N) is 4. The molecule has 2 aromatic rings. The van der Waals surface area contributed by atoms with Crippen molar-refractivity contribution in [1.82, 2.24) is 20.7 Å². The number of aliphatic carboxylic acids is 1. The smallest absolute Gasteiger partial charge is 0.323 e. The van der Waals surface area contributed by atoms with E-state index in [0.717, 1.165) is 57.1 Å². The second-order valence-corrected chi connectivity index (χ2v) is 11.3. The first-order chi connectivity index (χ1) is 18.2. The highest BCUT2D eigenvalue weighted by Crippen LogP contribution is 2.26. The van der Waals surface area contributed by atoms with Gasteiger partial charge in [0, 0.05) is 44.5 Å². The van der Waals surface area contributed by atoms with Gasteiger partial charge < -0.3 is 26.0 Å². The van der Waals surface area contributed by atoms with E-state index in [2.05, 4.69) is 30.6 Å². The van der Waals surface area contributed by atoms with Crippen LogP contribution in [0.2, 0.25) is 5.02 Å². The quantitative estimate of drug-likeness (QED) is 0.307. The normalized spacial score (nSPS) is 18.6. The molecule has 13 heteroatoms. The summed E-state index contributed by atoms with van der Waals surface area (Å²) in [5.41, 5.74) is 1.04. The van der Waals surface area contributed by atoms with Crippen molar-refractivity contribution in [1.29, 1.82) is 0 Å². The summed E-state index contributed by atoms with van der Waals surface area (Å²) in [5, 5.41) is 18.9. The summed E-state index contributed by atoms with van der Waals surface area (Å²) in [6, 6.07) is 11.2. The summed E-state index contributed by atoms with van der Waals surface area (Å²) in [6.45, 7) is 2.87. The minimum atomic E-state index is -4.09. The minimum Gasteiger partial charge on any atom is -0.480 e. The Hall–Kier alpha value is -3.35. The molecule has 0 unspecified atom stereocenters. The maximum atomic E-state index is 12.8. The number of anilines is 1. The number of amides is 1. The van der Waals surface area contributed by atoms with E-state index in [0.29, 0.717) is 0 Å². The van der Waals surface area contributed by atoms with Crippen LogP contribution < -0.4 is 25.6 Å². The van der Waals surface area contributed by atoms with E-state index in [1.807, 2.05) is 0 Å². The third-order valence-corrected chi connectivity index (χ3v) is 8.14. The Balaban J connectivity index is 1.36. The molecule has 0 saturated carbocycles. The predicted molar refractivity (Wildman–Crippen MR) is 145 cm³/mol. The van der Waals surface area contributed by atoms with E-state index in [-0.39, 0.29) is 21.5 Å². The van der Waals surface area contributed by atoms with Gasteiger partial charge in [-0.2, -0.15) is 4.72 Å². The Morgan fingerprint density at radius 3 is 2.66 bits per heavy atom. The first-order valence-corrected chi connectivity index (χ1v) is 14.3. The molecule has 1 fully saturated rings. The van der Waals surface area contributed by atoms with Gasteiger partial charge in [0.25, 0.3) is 5.91 Å². The molecule has 1 amide bonds. The molecular weight excluding hydrogens is 532 g/mol. The molecule has 4 rings (SSSR count). The van der Waals surface area contributed by atoms with Crippen LogP contribution in [0.5, 0.6) is 0 Å². The zero-order valence-corrected chi connectivity index (χ0v) is 22.3. The number of benzene rings is 2. The number of guanidine groups is 1. The minimum absolute atomic E-state index is 0.0747. The van der Waals surface area contributed by atoms with Crippen molar-refractivity contribution < 1.29 is 23.1 Å². The summed E-state index contributed by atoms with van der Waals surface area (Å²) < 4.78 is 27.1. The van der Waals surface area contributed by atoms with Crippen molar-refractivity contribution in [2.24, 2.45) is 4.99 Å². The second-order valence-electron chi connectivity index (χ2n) is 9.14. The predicted octanol–water partition coefficient (Wildman–Crippen LogP) is 1.41. The molecule has 2 atom stereocenters. The summed E-state index contributed by atoms with van der Waals surface area (Å²) in [6.07, 6.45) is 3.03. The number of carboxylic acid groups (broad SMARTS) is 1. The first kappa shape index (κ1) is 27.7. The molecule has 11 nitrogen and oxygen atoms in total. The average molecular weight is 563 g/mol. The number of aliphatic imine (C=N–C) groups is 1. The topological polar surface area (TPSA) is 152 Å². The van der Waals surface area contributed by atoms with E-state index in [1.165, 1.54) is 24.3 Å². The van der Waals surface area contributed by atoms with Crippen LogP contribution in [0.4, 0.5) is 5.69 Å².